The Balaban J connectivity index is 1.72. The number of ether oxygens (including phenoxy) is 1. The molecule has 3 rings (SSSR count). The van der Waals surface area contributed by atoms with Crippen molar-refractivity contribution in [1.82, 2.24) is 19.5 Å². The number of nitrogens with one attached hydrogen (secondary N) is 1. The molecule has 2 atom stereocenters. The second kappa shape index (κ2) is 5.20. The number of hydrogen-bond acceptors (Lipinski definition) is 4. The first-order valence-corrected chi connectivity index (χ1v) is 6.85. The second-order valence-electron chi connectivity index (χ2n) is 5.14. The summed E-state index contributed by atoms with van der Waals surface area (Å²) in [5, 5.41) is 0. The van der Waals surface area contributed by atoms with Crippen molar-refractivity contribution in [3.63, 3.8) is 0 Å². The zero-order valence-corrected chi connectivity index (χ0v) is 11.7. The molecule has 0 spiro atoms. The maximum Gasteiger partial charge on any atom is 0.279 e. The Morgan fingerprint density at radius 3 is 3.10 bits per heavy atom. The number of imidazole rings is 1. The fourth-order valence-corrected chi connectivity index (χ4v) is 2.53. The Morgan fingerprint density at radius 2 is 2.35 bits per heavy atom. The fourth-order valence-electron chi connectivity index (χ4n) is 2.53. The molecule has 1 saturated heterocycles. The van der Waals surface area contributed by atoms with E-state index in [2.05, 4.69) is 21.0 Å². The number of aromatic nitrogens is 4. The normalized spacial score (nSPS) is 22.5. The van der Waals surface area contributed by atoms with Crippen LogP contribution in [-0.4, -0.2) is 31.7 Å². The van der Waals surface area contributed by atoms with E-state index in [1.807, 2.05) is 17.6 Å². The lowest BCUT2D eigenvalue weighted by Gasteiger charge is -2.35. The molecule has 1 aliphatic heterocycles. The van der Waals surface area contributed by atoms with Gasteiger partial charge in [-0.15, -0.1) is 0 Å². The zero-order chi connectivity index (χ0) is 14.1. The number of aromatic amines is 1. The van der Waals surface area contributed by atoms with E-state index in [0.717, 1.165) is 12.8 Å². The summed E-state index contributed by atoms with van der Waals surface area (Å²) in [6, 6.07) is 0. The van der Waals surface area contributed by atoms with Crippen LogP contribution in [-0.2, 0) is 11.3 Å². The molecule has 0 aliphatic carbocycles. The van der Waals surface area contributed by atoms with E-state index in [4.69, 9.17) is 4.74 Å². The summed E-state index contributed by atoms with van der Waals surface area (Å²) in [6.07, 6.45) is 8.33. The standard InChI is InChI=1S/C14H18N4O2/c1-3-4-5-10-6-11(20-10)7-18-8-15-12-13(18)16-9(2)17-14(12)19/h3-4,8,10-11H,5-7H2,1-2H3,(H,16,17,19). The van der Waals surface area contributed by atoms with Gasteiger partial charge in [0, 0.05) is 6.42 Å². The number of allylic oxidation sites excluding steroid dienone is 1. The van der Waals surface area contributed by atoms with Crippen molar-refractivity contribution in [2.24, 2.45) is 0 Å². The summed E-state index contributed by atoms with van der Waals surface area (Å²) in [7, 11) is 0. The van der Waals surface area contributed by atoms with Crippen LogP contribution in [0.2, 0.25) is 0 Å². The molecule has 0 radical (unpaired) electrons. The highest BCUT2D eigenvalue weighted by atomic mass is 16.5. The summed E-state index contributed by atoms with van der Waals surface area (Å²) < 4.78 is 7.71. The second-order valence-corrected chi connectivity index (χ2v) is 5.14. The van der Waals surface area contributed by atoms with Gasteiger partial charge in [-0.1, -0.05) is 12.2 Å². The highest BCUT2D eigenvalue weighted by Gasteiger charge is 2.29. The van der Waals surface area contributed by atoms with Crippen molar-refractivity contribution in [2.45, 2.75) is 45.4 Å². The summed E-state index contributed by atoms with van der Waals surface area (Å²) in [6.45, 7) is 4.48. The number of fused-ring (bicyclic) bond motifs is 1. The SMILES string of the molecule is CC=CCC1CC(Cn2cnc3c(=O)[nH]c(C)nc32)O1. The quantitative estimate of drug-likeness (QED) is 0.859. The molecule has 3 heterocycles. The molecule has 1 aliphatic rings. The minimum Gasteiger partial charge on any atom is -0.373 e. The Hall–Kier alpha value is -1.95. The molecule has 6 nitrogen and oxygen atoms in total. The van der Waals surface area contributed by atoms with Gasteiger partial charge in [-0.05, 0) is 20.3 Å². The molecule has 20 heavy (non-hydrogen) atoms. The molecule has 2 unspecified atom stereocenters. The highest BCUT2D eigenvalue weighted by Crippen LogP contribution is 2.25. The Labute approximate surface area is 116 Å². The van der Waals surface area contributed by atoms with E-state index in [-0.39, 0.29) is 11.7 Å². The van der Waals surface area contributed by atoms with Crippen LogP contribution in [0.15, 0.2) is 23.3 Å². The predicted octanol–water partition coefficient (Wildman–Crippen LogP) is 1.55. The van der Waals surface area contributed by atoms with Gasteiger partial charge in [0.1, 0.15) is 5.82 Å². The summed E-state index contributed by atoms with van der Waals surface area (Å²) in [4.78, 5) is 22.9. The Kier molecular flexibility index (Phi) is 3.40. The van der Waals surface area contributed by atoms with Crippen LogP contribution in [0.1, 0.15) is 25.6 Å². The van der Waals surface area contributed by atoms with E-state index in [1.54, 1.807) is 13.3 Å². The van der Waals surface area contributed by atoms with Gasteiger partial charge >= 0.3 is 0 Å². The van der Waals surface area contributed by atoms with Gasteiger partial charge in [-0.2, -0.15) is 0 Å². The third-order valence-electron chi connectivity index (χ3n) is 3.54. The van der Waals surface area contributed by atoms with Gasteiger partial charge in [-0.25, -0.2) is 9.97 Å². The average Bonchev–Trinajstić information content (AvgIpc) is 2.75. The van der Waals surface area contributed by atoms with E-state index >= 15 is 0 Å². The molecule has 2 aromatic heterocycles. The molecule has 0 bridgehead atoms. The number of rotatable bonds is 4. The summed E-state index contributed by atoms with van der Waals surface area (Å²) in [5.41, 5.74) is 0.832. The summed E-state index contributed by atoms with van der Waals surface area (Å²) >= 11 is 0. The van der Waals surface area contributed by atoms with Gasteiger partial charge in [0.25, 0.3) is 5.56 Å². The molecule has 0 saturated carbocycles. The van der Waals surface area contributed by atoms with Crippen LogP contribution in [0.4, 0.5) is 0 Å². The van der Waals surface area contributed by atoms with Crippen LogP contribution in [0.3, 0.4) is 0 Å². The van der Waals surface area contributed by atoms with Crippen molar-refractivity contribution >= 4 is 11.2 Å². The lowest BCUT2D eigenvalue weighted by Crippen LogP contribution is -2.39. The third-order valence-corrected chi connectivity index (χ3v) is 3.54. The molecular weight excluding hydrogens is 256 g/mol. The maximum atomic E-state index is 11.7. The van der Waals surface area contributed by atoms with Crippen molar-refractivity contribution in [3.8, 4) is 0 Å². The topological polar surface area (TPSA) is 72.8 Å². The highest BCUT2D eigenvalue weighted by molar-refractivity contribution is 5.69. The molecule has 2 aromatic rings. The lowest BCUT2D eigenvalue weighted by atomic mass is 10.0. The van der Waals surface area contributed by atoms with Gasteiger partial charge < -0.3 is 14.3 Å². The van der Waals surface area contributed by atoms with Crippen molar-refractivity contribution < 1.29 is 4.74 Å². The van der Waals surface area contributed by atoms with Gasteiger partial charge in [0.05, 0.1) is 25.1 Å². The minimum absolute atomic E-state index is 0.184. The minimum atomic E-state index is -0.188. The molecular formula is C14H18N4O2. The van der Waals surface area contributed by atoms with E-state index in [9.17, 15) is 4.79 Å². The number of H-pyrrole nitrogens is 1. The first-order chi connectivity index (χ1) is 9.67. The zero-order valence-electron chi connectivity index (χ0n) is 11.7. The van der Waals surface area contributed by atoms with Crippen LogP contribution < -0.4 is 5.56 Å². The first-order valence-electron chi connectivity index (χ1n) is 6.85. The van der Waals surface area contributed by atoms with Crippen LogP contribution in [0, 0.1) is 6.92 Å². The lowest BCUT2D eigenvalue weighted by molar-refractivity contribution is -0.127. The number of nitrogens with zero attached hydrogens (tertiary/aromatic N) is 3. The average molecular weight is 274 g/mol. The molecule has 106 valence electrons. The number of hydrogen-bond donors (Lipinski definition) is 1. The fraction of sp³-hybridized carbons (Fsp3) is 0.500. The van der Waals surface area contributed by atoms with Gasteiger partial charge in [-0.3, -0.25) is 4.79 Å². The van der Waals surface area contributed by atoms with Crippen LogP contribution >= 0.6 is 0 Å². The third kappa shape index (κ3) is 2.38. The number of aryl methyl sites for hydroxylation is 1. The van der Waals surface area contributed by atoms with Crippen molar-refractivity contribution in [3.05, 3.63) is 34.7 Å². The first kappa shape index (κ1) is 13.1. The van der Waals surface area contributed by atoms with Crippen LogP contribution in [0.25, 0.3) is 11.2 Å². The maximum absolute atomic E-state index is 11.7. The van der Waals surface area contributed by atoms with E-state index in [0.29, 0.717) is 29.6 Å². The monoisotopic (exact) mass is 274 g/mol. The van der Waals surface area contributed by atoms with E-state index < -0.39 is 0 Å². The smallest absolute Gasteiger partial charge is 0.279 e. The van der Waals surface area contributed by atoms with E-state index in [1.165, 1.54) is 0 Å². The molecule has 1 fully saturated rings. The molecule has 0 aromatic carbocycles. The van der Waals surface area contributed by atoms with Gasteiger partial charge in [0.2, 0.25) is 0 Å². The predicted molar refractivity (Wildman–Crippen MR) is 75.6 cm³/mol. The van der Waals surface area contributed by atoms with Gasteiger partial charge in [0.15, 0.2) is 11.2 Å². The van der Waals surface area contributed by atoms with Crippen molar-refractivity contribution in [2.75, 3.05) is 0 Å². The molecule has 1 N–H and O–H groups in total. The van der Waals surface area contributed by atoms with Crippen molar-refractivity contribution in [1.29, 1.82) is 0 Å². The molecule has 6 heteroatoms. The molecule has 0 amide bonds. The largest absolute Gasteiger partial charge is 0.373 e. The summed E-state index contributed by atoms with van der Waals surface area (Å²) in [5.74, 6) is 0.602. The Morgan fingerprint density at radius 1 is 1.55 bits per heavy atom. The van der Waals surface area contributed by atoms with Crippen LogP contribution in [0.5, 0.6) is 0 Å². The Bertz CT molecular complexity index is 695.